The van der Waals surface area contributed by atoms with Crippen LogP contribution in [0.15, 0.2) is 53.4 Å². The summed E-state index contributed by atoms with van der Waals surface area (Å²) in [6.45, 7) is 5.38. The maximum atomic E-state index is 13.0. The Morgan fingerprint density at radius 1 is 1.20 bits per heavy atom. The Labute approximate surface area is 179 Å². The van der Waals surface area contributed by atoms with Gasteiger partial charge >= 0.3 is 0 Å². The molecule has 0 bridgehead atoms. The van der Waals surface area contributed by atoms with Gasteiger partial charge in [0.1, 0.15) is 11.8 Å². The molecule has 0 unspecified atom stereocenters. The molecule has 30 heavy (non-hydrogen) atoms. The van der Waals surface area contributed by atoms with Crippen LogP contribution in [0.3, 0.4) is 0 Å². The second kappa shape index (κ2) is 10.1. The van der Waals surface area contributed by atoms with Crippen molar-refractivity contribution in [2.75, 3.05) is 13.2 Å². The van der Waals surface area contributed by atoms with Crippen LogP contribution in [-0.2, 0) is 21.4 Å². The van der Waals surface area contributed by atoms with Gasteiger partial charge in [0.2, 0.25) is 15.9 Å². The molecular formula is C23H30N2O4S. The number of nitrogens with zero attached hydrogens (tertiary/aromatic N) is 1. The van der Waals surface area contributed by atoms with E-state index in [2.05, 4.69) is 12.2 Å². The molecule has 0 aromatic heterocycles. The Morgan fingerprint density at radius 2 is 1.97 bits per heavy atom. The van der Waals surface area contributed by atoms with Crippen molar-refractivity contribution in [1.29, 1.82) is 0 Å². The molecule has 1 atom stereocenters. The molecule has 7 heteroatoms. The number of nitrogens with one attached hydrogen (secondary N) is 1. The Kier molecular flexibility index (Phi) is 7.50. The summed E-state index contributed by atoms with van der Waals surface area (Å²) >= 11 is 0. The predicted molar refractivity (Wildman–Crippen MR) is 117 cm³/mol. The Morgan fingerprint density at radius 3 is 2.70 bits per heavy atom. The van der Waals surface area contributed by atoms with Crippen molar-refractivity contribution in [3.05, 3.63) is 59.7 Å². The summed E-state index contributed by atoms with van der Waals surface area (Å²) in [5.74, 6) is 0.514. The van der Waals surface area contributed by atoms with Gasteiger partial charge in [-0.1, -0.05) is 43.2 Å². The highest BCUT2D eigenvalue weighted by Crippen LogP contribution is 2.26. The van der Waals surface area contributed by atoms with Crippen molar-refractivity contribution < 1.29 is 17.9 Å². The van der Waals surface area contributed by atoms with Gasteiger partial charge in [0.05, 0.1) is 11.5 Å². The predicted octanol–water partition coefficient (Wildman–Crippen LogP) is 3.64. The average Bonchev–Trinajstić information content (AvgIpc) is 3.24. The summed E-state index contributed by atoms with van der Waals surface area (Å²) in [5.41, 5.74) is 1.91. The fourth-order valence-corrected chi connectivity index (χ4v) is 5.18. The van der Waals surface area contributed by atoms with Crippen LogP contribution in [-0.4, -0.2) is 37.8 Å². The van der Waals surface area contributed by atoms with Gasteiger partial charge in [-0.3, -0.25) is 4.79 Å². The van der Waals surface area contributed by atoms with E-state index in [9.17, 15) is 13.2 Å². The maximum Gasteiger partial charge on any atom is 0.243 e. The number of aryl methyl sites for hydroxylation is 1. The van der Waals surface area contributed by atoms with E-state index in [1.165, 1.54) is 4.31 Å². The summed E-state index contributed by atoms with van der Waals surface area (Å²) in [6, 6.07) is 13.7. The number of sulfonamides is 1. The van der Waals surface area contributed by atoms with Crippen LogP contribution in [0.4, 0.5) is 0 Å². The third kappa shape index (κ3) is 5.40. The topological polar surface area (TPSA) is 75.7 Å². The molecule has 162 valence electrons. The number of ether oxygens (including phenoxy) is 1. The van der Waals surface area contributed by atoms with Crippen molar-refractivity contribution >= 4 is 15.9 Å². The molecule has 1 amide bonds. The first-order valence-electron chi connectivity index (χ1n) is 10.5. The number of rotatable bonds is 9. The van der Waals surface area contributed by atoms with E-state index < -0.39 is 16.1 Å². The highest BCUT2D eigenvalue weighted by molar-refractivity contribution is 7.89. The molecular weight excluding hydrogens is 400 g/mol. The molecule has 0 aliphatic carbocycles. The second-order valence-electron chi connectivity index (χ2n) is 7.65. The molecule has 0 spiro atoms. The van der Waals surface area contributed by atoms with E-state index in [1.54, 1.807) is 24.3 Å². The van der Waals surface area contributed by atoms with Crippen LogP contribution < -0.4 is 10.1 Å². The third-order valence-corrected chi connectivity index (χ3v) is 7.19. The number of unbranched alkanes of at least 4 members (excludes halogenated alkanes) is 1. The maximum absolute atomic E-state index is 13.0. The van der Waals surface area contributed by atoms with Gasteiger partial charge in [0.15, 0.2) is 0 Å². The summed E-state index contributed by atoms with van der Waals surface area (Å²) in [6.07, 6.45) is 3.26. The van der Waals surface area contributed by atoms with Crippen molar-refractivity contribution in [3.63, 3.8) is 0 Å². The van der Waals surface area contributed by atoms with Crippen LogP contribution in [0, 0.1) is 6.92 Å². The number of hydrogen-bond acceptors (Lipinski definition) is 4. The first kappa shape index (κ1) is 22.3. The minimum absolute atomic E-state index is 0.227. The van der Waals surface area contributed by atoms with Gasteiger partial charge in [-0.15, -0.1) is 0 Å². The van der Waals surface area contributed by atoms with Gasteiger partial charge in [-0.05, 0) is 56.0 Å². The molecule has 1 fully saturated rings. The molecule has 6 nitrogen and oxygen atoms in total. The first-order valence-corrected chi connectivity index (χ1v) is 11.9. The van der Waals surface area contributed by atoms with Crippen LogP contribution in [0.25, 0.3) is 0 Å². The molecule has 2 aromatic rings. The molecule has 2 aromatic carbocycles. The average molecular weight is 431 g/mol. The van der Waals surface area contributed by atoms with Crippen molar-refractivity contribution in [3.8, 4) is 5.75 Å². The van der Waals surface area contributed by atoms with Gasteiger partial charge in [0, 0.05) is 13.1 Å². The number of carbonyl (C=O) groups is 1. The lowest BCUT2D eigenvalue weighted by atomic mass is 10.2. The second-order valence-corrected chi connectivity index (χ2v) is 9.54. The largest absolute Gasteiger partial charge is 0.494 e. The van der Waals surface area contributed by atoms with E-state index in [-0.39, 0.29) is 10.8 Å². The molecule has 1 N–H and O–H groups in total. The molecule has 1 aliphatic heterocycles. The zero-order valence-electron chi connectivity index (χ0n) is 17.6. The van der Waals surface area contributed by atoms with E-state index in [0.29, 0.717) is 32.5 Å². The minimum atomic E-state index is -3.70. The smallest absolute Gasteiger partial charge is 0.243 e. The third-order valence-electron chi connectivity index (χ3n) is 5.27. The first-order chi connectivity index (χ1) is 14.4. The van der Waals surface area contributed by atoms with Gasteiger partial charge < -0.3 is 10.1 Å². The zero-order valence-corrected chi connectivity index (χ0v) is 18.5. The van der Waals surface area contributed by atoms with Gasteiger partial charge in [-0.25, -0.2) is 8.42 Å². The SMILES string of the molecule is CCCCOc1cccc(CNC(=O)[C@@H]2CCCN2S(=O)(=O)c2ccc(C)cc2)c1. The number of amides is 1. The van der Waals surface area contributed by atoms with E-state index >= 15 is 0 Å². The molecule has 0 radical (unpaired) electrons. The van der Waals surface area contributed by atoms with Crippen LogP contribution in [0.5, 0.6) is 5.75 Å². The normalized spacial score (nSPS) is 17.1. The highest BCUT2D eigenvalue weighted by atomic mass is 32.2. The fourth-order valence-electron chi connectivity index (χ4n) is 3.52. The fraction of sp³-hybridized carbons (Fsp3) is 0.435. The van der Waals surface area contributed by atoms with Gasteiger partial charge in [0.25, 0.3) is 0 Å². The van der Waals surface area contributed by atoms with Crippen LogP contribution in [0.1, 0.15) is 43.7 Å². The molecule has 3 rings (SSSR count). The molecule has 1 heterocycles. The summed E-state index contributed by atoms with van der Waals surface area (Å²) < 4.78 is 33.1. The van der Waals surface area contributed by atoms with Crippen molar-refractivity contribution in [2.24, 2.45) is 0 Å². The summed E-state index contributed by atoms with van der Waals surface area (Å²) in [5, 5.41) is 2.90. The van der Waals surface area contributed by atoms with E-state index in [0.717, 1.165) is 29.7 Å². The number of hydrogen-bond donors (Lipinski definition) is 1. The molecule has 0 saturated carbocycles. The number of carbonyl (C=O) groups excluding carboxylic acids is 1. The lowest BCUT2D eigenvalue weighted by molar-refractivity contribution is -0.124. The monoisotopic (exact) mass is 430 g/mol. The Balaban J connectivity index is 1.63. The summed E-state index contributed by atoms with van der Waals surface area (Å²) in [7, 11) is -3.70. The van der Waals surface area contributed by atoms with Crippen molar-refractivity contribution in [1.82, 2.24) is 9.62 Å². The van der Waals surface area contributed by atoms with E-state index in [4.69, 9.17) is 4.74 Å². The standard InChI is InChI=1S/C23H30N2O4S/c1-3-4-15-29-20-8-5-7-19(16-20)17-24-23(26)22-9-6-14-25(22)30(27,28)21-12-10-18(2)11-13-21/h5,7-8,10-13,16,22H,3-4,6,9,14-15,17H2,1-2H3,(H,24,26)/t22-/m0/s1. The van der Waals surface area contributed by atoms with Crippen molar-refractivity contribution in [2.45, 2.75) is 57.0 Å². The lowest BCUT2D eigenvalue weighted by Gasteiger charge is -2.23. The van der Waals surface area contributed by atoms with Gasteiger partial charge in [-0.2, -0.15) is 4.31 Å². The zero-order chi connectivity index (χ0) is 21.6. The quantitative estimate of drug-likeness (QED) is 0.616. The lowest BCUT2D eigenvalue weighted by Crippen LogP contribution is -2.45. The Hall–Kier alpha value is -2.38. The molecule has 1 saturated heterocycles. The minimum Gasteiger partial charge on any atom is -0.494 e. The van der Waals surface area contributed by atoms with Crippen LogP contribution >= 0.6 is 0 Å². The molecule has 1 aliphatic rings. The Bertz CT molecular complexity index is 957. The summed E-state index contributed by atoms with van der Waals surface area (Å²) in [4.78, 5) is 13.0. The van der Waals surface area contributed by atoms with Crippen LogP contribution in [0.2, 0.25) is 0 Å². The van der Waals surface area contributed by atoms with E-state index in [1.807, 2.05) is 31.2 Å². The highest BCUT2D eigenvalue weighted by Gasteiger charge is 2.39. The number of benzene rings is 2.